The molecule has 0 saturated carbocycles. The number of ether oxygens (including phenoxy) is 3. The molecule has 0 amide bonds. The van der Waals surface area contributed by atoms with Crippen LogP contribution in [0.5, 0.6) is 17.4 Å². The second kappa shape index (κ2) is 8.05. The molecule has 26 heavy (non-hydrogen) atoms. The van der Waals surface area contributed by atoms with Crippen LogP contribution in [0, 0.1) is 5.82 Å². The molecule has 6 nitrogen and oxygen atoms in total. The number of benzene rings is 1. The Balaban J connectivity index is 1.88. The van der Waals surface area contributed by atoms with E-state index in [1.165, 1.54) is 31.6 Å². The number of rotatable bonds is 7. The van der Waals surface area contributed by atoms with Gasteiger partial charge >= 0.3 is 5.97 Å². The molecule has 0 spiro atoms. The molecule has 0 N–H and O–H groups in total. The van der Waals surface area contributed by atoms with Crippen LogP contribution >= 0.6 is 11.6 Å². The minimum absolute atomic E-state index is 0.00768. The fourth-order valence-electron chi connectivity index (χ4n) is 2.33. The number of hydrogen-bond donors (Lipinski definition) is 0. The lowest BCUT2D eigenvalue weighted by Crippen LogP contribution is -2.04. The monoisotopic (exact) mass is 378 g/mol. The van der Waals surface area contributed by atoms with Gasteiger partial charge in [0.2, 0.25) is 5.88 Å². The molecular weight excluding hydrogens is 363 g/mol. The van der Waals surface area contributed by atoms with E-state index >= 15 is 0 Å². The molecule has 8 heteroatoms. The number of aromatic nitrogens is 2. The van der Waals surface area contributed by atoms with E-state index < -0.39 is 11.8 Å². The number of halogens is 2. The van der Waals surface area contributed by atoms with Gasteiger partial charge in [-0.05, 0) is 24.6 Å². The first-order chi connectivity index (χ1) is 12.6. The minimum atomic E-state index is -0.592. The molecule has 0 aliphatic heterocycles. The molecule has 2 aromatic heterocycles. The second-order valence-electron chi connectivity index (χ2n) is 5.35. The Morgan fingerprint density at radius 3 is 2.88 bits per heavy atom. The fraction of sp³-hybridized carbons (Fsp3) is 0.222. The summed E-state index contributed by atoms with van der Waals surface area (Å²) in [5.41, 5.74) is 0.890. The van der Waals surface area contributed by atoms with Gasteiger partial charge < -0.3 is 14.2 Å². The number of hydrogen-bond acceptors (Lipinski definition) is 5. The molecule has 0 atom stereocenters. The number of methoxy groups -OCH3 is 1. The average molecular weight is 379 g/mol. The van der Waals surface area contributed by atoms with Crippen LogP contribution in [0.2, 0.25) is 0 Å². The van der Waals surface area contributed by atoms with E-state index in [0.29, 0.717) is 30.2 Å². The standard InChI is InChI=1S/C18H16ClFN2O4/c1-24-18(23)12-7-13-10-21-11-22(13)17(8-12)26-16-4-3-14(9-15(16)20)25-6-2-5-19/h3-4,7-11H,2,5-6H2,1H3. The van der Waals surface area contributed by atoms with Gasteiger partial charge in [0, 0.05) is 18.0 Å². The Bertz CT molecular complexity index is 929. The van der Waals surface area contributed by atoms with Gasteiger partial charge in [-0.1, -0.05) is 0 Å². The Morgan fingerprint density at radius 2 is 2.15 bits per heavy atom. The molecule has 1 aromatic carbocycles. The van der Waals surface area contributed by atoms with E-state index in [-0.39, 0.29) is 17.2 Å². The minimum Gasteiger partial charge on any atom is -0.493 e. The van der Waals surface area contributed by atoms with Gasteiger partial charge in [0.15, 0.2) is 11.6 Å². The van der Waals surface area contributed by atoms with E-state index in [9.17, 15) is 9.18 Å². The SMILES string of the molecule is COC(=O)c1cc(Oc2ccc(OCCCCl)cc2F)n2cncc2c1. The van der Waals surface area contributed by atoms with Crippen LogP contribution in [-0.2, 0) is 4.74 Å². The molecule has 0 aliphatic carbocycles. The molecular formula is C18H16ClFN2O4. The zero-order valence-corrected chi connectivity index (χ0v) is 14.7. The molecule has 3 rings (SSSR count). The number of imidazole rings is 1. The summed E-state index contributed by atoms with van der Waals surface area (Å²) >= 11 is 5.58. The molecule has 2 heterocycles. The van der Waals surface area contributed by atoms with Gasteiger partial charge in [0.1, 0.15) is 12.1 Å². The summed E-state index contributed by atoms with van der Waals surface area (Å²) in [6.45, 7) is 0.403. The summed E-state index contributed by atoms with van der Waals surface area (Å²) in [5, 5.41) is 0. The predicted molar refractivity (Wildman–Crippen MR) is 93.8 cm³/mol. The maximum atomic E-state index is 14.3. The topological polar surface area (TPSA) is 62.1 Å². The molecule has 0 bridgehead atoms. The smallest absolute Gasteiger partial charge is 0.338 e. The number of carbonyl (C=O) groups is 1. The van der Waals surface area contributed by atoms with Gasteiger partial charge in [-0.15, -0.1) is 11.6 Å². The first kappa shape index (κ1) is 18.0. The Kier molecular flexibility index (Phi) is 5.58. The third kappa shape index (κ3) is 3.88. The summed E-state index contributed by atoms with van der Waals surface area (Å²) in [4.78, 5) is 15.8. The Morgan fingerprint density at radius 1 is 1.31 bits per heavy atom. The molecule has 0 fully saturated rings. The van der Waals surface area contributed by atoms with Crippen molar-refractivity contribution in [3.8, 4) is 17.4 Å². The van der Waals surface area contributed by atoms with Gasteiger partial charge in [-0.3, -0.25) is 4.40 Å². The number of carbonyl (C=O) groups excluding carboxylic acids is 1. The van der Waals surface area contributed by atoms with Gasteiger partial charge in [-0.25, -0.2) is 14.2 Å². The van der Waals surface area contributed by atoms with Crippen molar-refractivity contribution in [1.29, 1.82) is 0 Å². The lowest BCUT2D eigenvalue weighted by molar-refractivity contribution is 0.0600. The summed E-state index contributed by atoms with van der Waals surface area (Å²) in [7, 11) is 1.28. The largest absolute Gasteiger partial charge is 0.493 e. The van der Waals surface area contributed by atoms with Crippen LogP contribution in [0.25, 0.3) is 5.52 Å². The Labute approximate surface area is 154 Å². The van der Waals surface area contributed by atoms with Crippen molar-refractivity contribution in [3.63, 3.8) is 0 Å². The third-order valence-corrected chi connectivity index (χ3v) is 3.84. The Hall–Kier alpha value is -2.80. The maximum Gasteiger partial charge on any atom is 0.338 e. The molecule has 0 unspecified atom stereocenters. The van der Waals surface area contributed by atoms with E-state index in [0.717, 1.165) is 0 Å². The summed E-state index contributed by atoms with van der Waals surface area (Å²) in [5.74, 6) is -0.0359. The molecule has 136 valence electrons. The quantitative estimate of drug-likeness (QED) is 0.352. The van der Waals surface area contributed by atoms with Crippen LogP contribution in [0.3, 0.4) is 0 Å². The highest BCUT2D eigenvalue weighted by Crippen LogP contribution is 2.29. The molecule has 3 aromatic rings. The first-order valence-corrected chi connectivity index (χ1v) is 8.36. The number of fused-ring (bicyclic) bond motifs is 1. The normalized spacial score (nSPS) is 10.7. The summed E-state index contributed by atoms with van der Waals surface area (Å²) < 4.78 is 31.7. The number of esters is 1. The van der Waals surface area contributed by atoms with Crippen molar-refractivity contribution < 1.29 is 23.4 Å². The molecule has 0 aliphatic rings. The fourth-order valence-corrected chi connectivity index (χ4v) is 2.43. The van der Waals surface area contributed by atoms with Crippen molar-refractivity contribution in [1.82, 2.24) is 9.38 Å². The summed E-state index contributed by atoms with van der Waals surface area (Å²) in [6, 6.07) is 7.36. The molecule has 0 radical (unpaired) electrons. The highest BCUT2D eigenvalue weighted by molar-refractivity contribution is 6.17. The third-order valence-electron chi connectivity index (χ3n) is 3.57. The summed E-state index contributed by atoms with van der Waals surface area (Å²) in [6.07, 6.45) is 3.73. The lowest BCUT2D eigenvalue weighted by Gasteiger charge is -2.12. The van der Waals surface area contributed by atoms with Gasteiger partial charge in [-0.2, -0.15) is 0 Å². The van der Waals surface area contributed by atoms with Crippen molar-refractivity contribution in [2.45, 2.75) is 6.42 Å². The van der Waals surface area contributed by atoms with Crippen molar-refractivity contribution in [3.05, 3.63) is 54.2 Å². The van der Waals surface area contributed by atoms with E-state index in [2.05, 4.69) is 4.98 Å². The van der Waals surface area contributed by atoms with Crippen LogP contribution in [0.4, 0.5) is 4.39 Å². The van der Waals surface area contributed by atoms with Crippen molar-refractivity contribution in [2.24, 2.45) is 0 Å². The van der Waals surface area contributed by atoms with Gasteiger partial charge in [0.25, 0.3) is 0 Å². The average Bonchev–Trinajstić information content (AvgIpc) is 3.12. The number of nitrogens with zero attached hydrogens (tertiary/aromatic N) is 2. The molecule has 0 saturated heterocycles. The van der Waals surface area contributed by atoms with E-state index in [1.54, 1.807) is 22.7 Å². The van der Waals surface area contributed by atoms with Crippen LogP contribution in [0.1, 0.15) is 16.8 Å². The number of pyridine rings is 1. The van der Waals surface area contributed by atoms with Crippen molar-refractivity contribution in [2.75, 3.05) is 19.6 Å². The van der Waals surface area contributed by atoms with Crippen LogP contribution in [-0.4, -0.2) is 35.0 Å². The first-order valence-electron chi connectivity index (χ1n) is 7.83. The number of alkyl halides is 1. The highest BCUT2D eigenvalue weighted by Gasteiger charge is 2.14. The van der Waals surface area contributed by atoms with Crippen LogP contribution in [0.15, 0.2) is 42.9 Å². The van der Waals surface area contributed by atoms with Gasteiger partial charge in [0.05, 0.1) is 31.0 Å². The second-order valence-corrected chi connectivity index (χ2v) is 5.73. The lowest BCUT2D eigenvalue weighted by atomic mass is 10.2. The van der Waals surface area contributed by atoms with E-state index in [1.807, 2.05) is 0 Å². The zero-order chi connectivity index (χ0) is 18.5. The van der Waals surface area contributed by atoms with Crippen molar-refractivity contribution >= 4 is 23.1 Å². The predicted octanol–water partition coefficient (Wildman–Crippen LogP) is 4.06. The van der Waals surface area contributed by atoms with E-state index in [4.69, 9.17) is 25.8 Å². The highest BCUT2D eigenvalue weighted by atomic mass is 35.5. The van der Waals surface area contributed by atoms with Crippen LogP contribution < -0.4 is 9.47 Å². The maximum absolute atomic E-state index is 14.3. The zero-order valence-electron chi connectivity index (χ0n) is 13.9.